The van der Waals surface area contributed by atoms with E-state index in [9.17, 15) is 0 Å². The Bertz CT molecular complexity index is 470. The number of nitrogens with one attached hydrogen (secondary N) is 1. The number of anilines is 1. The maximum absolute atomic E-state index is 4.42. The Morgan fingerprint density at radius 2 is 2.38 bits per heavy atom. The molecule has 0 saturated carbocycles. The van der Waals surface area contributed by atoms with Crippen molar-refractivity contribution in [2.24, 2.45) is 0 Å². The maximum atomic E-state index is 4.42. The minimum atomic E-state index is 0.881. The molecule has 0 amide bonds. The number of hydrogen-bond donors (Lipinski definition) is 1. The van der Waals surface area contributed by atoms with Gasteiger partial charge in [0.05, 0.1) is 20.9 Å². The molecule has 0 aliphatic rings. The Kier molecular flexibility index (Phi) is 3.90. The van der Waals surface area contributed by atoms with E-state index in [-0.39, 0.29) is 0 Å². The molecule has 3 nitrogen and oxygen atoms in total. The van der Waals surface area contributed by atoms with Crippen molar-refractivity contribution in [3.63, 3.8) is 0 Å². The van der Waals surface area contributed by atoms with Crippen molar-refractivity contribution in [3.8, 4) is 0 Å². The number of pyridine rings is 1. The van der Waals surface area contributed by atoms with Crippen LogP contribution < -0.4 is 5.32 Å². The lowest BCUT2D eigenvalue weighted by atomic mass is 10.3. The van der Waals surface area contributed by atoms with E-state index < -0.39 is 0 Å². The molecule has 0 atom stereocenters. The SMILES string of the molecule is Cc1nc(CCNc2ccncc2Br)cs1. The van der Waals surface area contributed by atoms with Crippen molar-refractivity contribution < 1.29 is 0 Å². The van der Waals surface area contributed by atoms with Gasteiger partial charge in [-0.2, -0.15) is 0 Å². The molecule has 0 radical (unpaired) electrons. The Labute approximate surface area is 107 Å². The first-order chi connectivity index (χ1) is 7.75. The molecular formula is C11H12BrN3S. The zero-order valence-corrected chi connectivity index (χ0v) is 11.3. The van der Waals surface area contributed by atoms with Crippen molar-refractivity contribution in [2.75, 3.05) is 11.9 Å². The van der Waals surface area contributed by atoms with Crippen LogP contribution in [0.5, 0.6) is 0 Å². The summed E-state index contributed by atoms with van der Waals surface area (Å²) in [6, 6.07) is 1.95. The van der Waals surface area contributed by atoms with Crippen LogP contribution in [-0.4, -0.2) is 16.5 Å². The van der Waals surface area contributed by atoms with Gasteiger partial charge in [-0.3, -0.25) is 4.98 Å². The minimum Gasteiger partial charge on any atom is -0.384 e. The molecule has 0 aliphatic carbocycles. The van der Waals surface area contributed by atoms with Crippen LogP contribution in [0.2, 0.25) is 0 Å². The molecule has 2 rings (SSSR count). The van der Waals surface area contributed by atoms with Gasteiger partial charge in [-0.25, -0.2) is 4.98 Å². The van der Waals surface area contributed by atoms with Gasteiger partial charge in [0.1, 0.15) is 0 Å². The van der Waals surface area contributed by atoms with E-state index >= 15 is 0 Å². The first kappa shape index (κ1) is 11.5. The van der Waals surface area contributed by atoms with E-state index in [4.69, 9.17) is 0 Å². The molecule has 2 aromatic rings. The van der Waals surface area contributed by atoms with Crippen LogP contribution in [-0.2, 0) is 6.42 Å². The predicted octanol–water partition coefficient (Wildman–Crippen LogP) is 3.26. The molecule has 2 aromatic heterocycles. The second-order valence-corrected chi connectivity index (χ2v) is 5.31. The molecule has 1 N–H and O–H groups in total. The van der Waals surface area contributed by atoms with Crippen LogP contribution in [0.4, 0.5) is 5.69 Å². The third kappa shape index (κ3) is 3.02. The molecule has 5 heteroatoms. The van der Waals surface area contributed by atoms with Gasteiger partial charge in [0.25, 0.3) is 0 Å². The van der Waals surface area contributed by atoms with Crippen LogP contribution in [0.15, 0.2) is 28.3 Å². The second-order valence-electron chi connectivity index (χ2n) is 3.39. The van der Waals surface area contributed by atoms with Gasteiger partial charge in [-0.15, -0.1) is 11.3 Å². The quantitative estimate of drug-likeness (QED) is 0.941. The summed E-state index contributed by atoms with van der Waals surface area (Å²) in [5, 5.41) is 6.58. The molecule has 0 aromatic carbocycles. The molecule has 84 valence electrons. The average Bonchev–Trinajstić information content (AvgIpc) is 2.67. The number of aromatic nitrogens is 2. The lowest BCUT2D eigenvalue weighted by Gasteiger charge is -2.06. The van der Waals surface area contributed by atoms with Gasteiger partial charge in [-0.1, -0.05) is 0 Å². The van der Waals surface area contributed by atoms with Crippen LogP contribution >= 0.6 is 27.3 Å². The Hall–Kier alpha value is -0.940. The van der Waals surface area contributed by atoms with Crippen molar-refractivity contribution >= 4 is 33.0 Å². The molecular weight excluding hydrogens is 286 g/mol. The van der Waals surface area contributed by atoms with Crippen molar-refractivity contribution in [1.29, 1.82) is 0 Å². The zero-order chi connectivity index (χ0) is 11.4. The summed E-state index contributed by atoms with van der Waals surface area (Å²) < 4.78 is 0.990. The molecule has 0 bridgehead atoms. The fourth-order valence-corrected chi connectivity index (χ4v) is 2.40. The Balaban J connectivity index is 1.87. The first-order valence-corrected chi connectivity index (χ1v) is 6.67. The molecule has 16 heavy (non-hydrogen) atoms. The fraction of sp³-hybridized carbons (Fsp3) is 0.273. The highest BCUT2D eigenvalue weighted by Gasteiger charge is 2.00. The molecule has 0 spiro atoms. The normalized spacial score (nSPS) is 10.4. The summed E-state index contributed by atoms with van der Waals surface area (Å²) in [5.74, 6) is 0. The van der Waals surface area contributed by atoms with E-state index in [0.29, 0.717) is 0 Å². The van der Waals surface area contributed by atoms with Gasteiger partial charge in [-0.05, 0) is 28.9 Å². The average molecular weight is 298 g/mol. The summed E-state index contributed by atoms with van der Waals surface area (Å²) in [6.07, 6.45) is 4.51. The van der Waals surface area contributed by atoms with Crippen LogP contribution in [0, 0.1) is 6.92 Å². The number of thiazole rings is 1. The monoisotopic (exact) mass is 297 g/mol. The van der Waals surface area contributed by atoms with Crippen molar-refractivity contribution in [3.05, 3.63) is 39.0 Å². The van der Waals surface area contributed by atoms with Gasteiger partial charge in [0, 0.05) is 30.7 Å². The standard InChI is InChI=1S/C11H12BrN3S/c1-8-15-9(7-16-8)2-5-14-11-3-4-13-6-10(11)12/h3-4,6-7H,2,5H2,1H3,(H,13,14). The van der Waals surface area contributed by atoms with Crippen LogP contribution in [0.25, 0.3) is 0 Å². The largest absolute Gasteiger partial charge is 0.384 e. The third-order valence-corrected chi connectivity index (χ3v) is 3.59. The number of hydrogen-bond acceptors (Lipinski definition) is 4. The Morgan fingerprint density at radius 3 is 3.06 bits per heavy atom. The fourth-order valence-electron chi connectivity index (χ4n) is 1.37. The predicted molar refractivity (Wildman–Crippen MR) is 71.0 cm³/mol. The number of rotatable bonds is 4. The summed E-state index contributed by atoms with van der Waals surface area (Å²) in [5.41, 5.74) is 2.22. The van der Waals surface area contributed by atoms with Gasteiger partial charge in [0.2, 0.25) is 0 Å². The first-order valence-electron chi connectivity index (χ1n) is 5.00. The lowest BCUT2D eigenvalue weighted by Crippen LogP contribution is -2.05. The maximum Gasteiger partial charge on any atom is 0.0897 e. The third-order valence-electron chi connectivity index (χ3n) is 2.14. The summed E-state index contributed by atoms with van der Waals surface area (Å²) in [4.78, 5) is 8.44. The van der Waals surface area contributed by atoms with Gasteiger partial charge < -0.3 is 5.32 Å². The minimum absolute atomic E-state index is 0.881. The number of halogens is 1. The number of nitrogens with zero attached hydrogens (tertiary/aromatic N) is 2. The summed E-state index contributed by atoms with van der Waals surface area (Å²) in [6.45, 7) is 2.91. The summed E-state index contributed by atoms with van der Waals surface area (Å²) in [7, 11) is 0. The zero-order valence-electron chi connectivity index (χ0n) is 8.90. The van der Waals surface area contributed by atoms with E-state index in [0.717, 1.165) is 33.8 Å². The van der Waals surface area contributed by atoms with Crippen molar-refractivity contribution in [1.82, 2.24) is 9.97 Å². The molecule has 0 unspecified atom stereocenters. The van der Waals surface area contributed by atoms with Crippen LogP contribution in [0.3, 0.4) is 0 Å². The Morgan fingerprint density at radius 1 is 1.50 bits per heavy atom. The van der Waals surface area contributed by atoms with Gasteiger partial charge in [0.15, 0.2) is 0 Å². The van der Waals surface area contributed by atoms with E-state index in [2.05, 4.69) is 36.6 Å². The van der Waals surface area contributed by atoms with Gasteiger partial charge >= 0.3 is 0 Å². The van der Waals surface area contributed by atoms with Crippen LogP contribution in [0.1, 0.15) is 10.7 Å². The highest BCUT2D eigenvalue weighted by atomic mass is 79.9. The number of aryl methyl sites for hydroxylation is 1. The van der Waals surface area contributed by atoms with E-state index in [1.54, 1.807) is 23.7 Å². The topological polar surface area (TPSA) is 37.8 Å². The molecule has 0 saturated heterocycles. The highest BCUT2D eigenvalue weighted by molar-refractivity contribution is 9.10. The lowest BCUT2D eigenvalue weighted by molar-refractivity contribution is 0.967. The smallest absolute Gasteiger partial charge is 0.0897 e. The molecule has 0 fully saturated rings. The molecule has 0 aliphatic heterocycles. The molecule has 2 heterocycles. The highest BCUT2D eigenvalue weighted by Crippen LogP contribution is 2.19. The van der Waals surface area contributed by atoms with E-state index in [1.807, 2.05) is 13.0 Å². The van der Waals surface area contributed by atoms with E-state index in [1.165, 1.54) is 0 Å². The van der Waals surface area contributed by atoms with Crippen molar-refractivity contribution in [2.45, 2.75) is 13.3 Å². The second kappa shape index (κ2) is 5.41. The summed E-state index contributed by atoms with van der Waals surface area (Å²) >= 11 is 5.14.